The van der Waals surface area contributed by atoms with E-state index < -0.39 is 0 Å². The van der Waals surface area contributed by atoms with Gasteiger partial charge in [-0.25, -0.2) is 0 Å². The molecule has 110 valence electrons. The molecule has 6 radical (unpaired) electrons. The van der Waals surface area contributed by atoms with Crippen LogP contribution in [0.4, 0.5) is 0 Å². The van der Waals surface area contributed by atoms with E-state index in [1.165, 1.54) is 33.9 Å². The van der Waals surface area contributed by atoms with Gasteiger partial charge in [0.15, 0.2) is 23.9 Å². The molecule has 0 atom stereocenters. The second kappa shape index (κ2) is 9.24. The van der Waals surface area contributed by atoms with Crippen molar-refractivity contribution in [2.75, 3.05) is 12.5 Å². The molecule has 0 saturated heterocycles. The summed E-state index contributed by atoms with van der Waals surface area (Å²) >= 11 is 6.38. The van der Waals surface area contributed by atoms with Crippen LogP contribution in [0.1, 0.15) is 0 Å². The van der Waals surface area contributed by atoms with Crippen LogP contribution < -0.4 is 0 Å². The van der Waals surface area contributed by atoms with Crippen molar-refractivity contribution in [2.24, 2.45) is 0 Å². The summed E-state index contributed by atoms with van der Waals surface area (Å²) in [6.45, 7) is 0. The fraction of sp³-hybridized carbons (Fsp3) is 0.143. The SMILES string of the molecule is CS[N+](S[Si])=C1C=CC(=C2C=CC(=[N+](SC)S[Si])C=C2)C=C1. The highest BCUT2D eigenvalue weighted by Gasteiger charge is 2.15. The van der Waals surface area contributed by atoms with Gasteiger partial charge in [-0.2, -0.15) is 0 Å². The standard InChI is InChI=1S/C14H14N2S4Si2/c1-17-15(19-21)13-7-3-11(4-8-13)12-5-9-14(10-6-12)16(18-2)20-22/h3-10H,1-2H3/q+2. The van der Waals surface area contributed by atoms with Crippen LogP contribution >= 0.6 is 46.7 Å². The summed E-state index contributed by atoms with van der Waals surface area (Å²) in [6.07, 6.45) is 21.3. The first-order valence-corrected chi connectivity index (χ1v) is 12.7. The van der Waals surface area contributed by atoms with Crippen LogP contribution in [0.2, 0.25) is 0 Å². The third kappa shape index (κ3) is 4.45. The Labute approximate surface area is 155 Å². The van der Waals surface area contributed by atoms with E-state index in [1.54, 1.807) is 23.9 Å². The Bertz CT molecular complexity index is 554. The quantitative estimate of drug-likeness (QED) is 0.409. The molecule has 0 N–H and O–H groups in total. The summed E-state index contributed by atoms with van der Waals surface area (Å²) in [4.78, 5) is 0. The Kier molecular flexibility index (Phi) is 7.65. The lowest BCUT2D eigenvalue weighted by atomic mass is 9.98. The summed E-state index contributed by atoms with van der Waals surface area (Å²) in [5.41, 5.74) is 4.77. The minimum absolute atomic E-state index is 1.16. The predicted molar refractivity (Wildman–Crippen MR) is 108 cm³/mol. The van der Waals surface area contributed by atoms with Gasteiger partial charge in [0.25, 0.3) is 0 Å². The van der Waals surface area contributed by atoms with Gasteiger partial charge in [0.05, 0.1) is 0 Å². The topological polar surface area (TPSA) is 6.02 Å². The van der Waals surface area contributed by atoms with E-state index in [-0.39, 0.29) is 0 Å². The molecule has 8 heteroatoms. The maximum Gasteiger partial charge on any atom is 0.228 e. The molecule has 0 saturated carbocycles. The third-order valence-corrected chi connectivity index (χ3v) is 8.06. The lowest BCUT2D eigenvalue weighted by Crippen LogP contribution is -2.08. The Hall–Kier alpha value is -0.126. The average molecular weight is 395 g/mol. The van der Waals surface area contributed by atoms with Crippen molar-refractivity contribution in [1.29, 1.82) is 0 Å². The molecule has 2 nitrogen and oxygen atoms in total. The first kappa shape index (κ1) is 18.2. The average Bonchev–Trinajstić information content (AvgIpc) is 2.58. The summed E-state index contributed by atoms with van der Waals surface area (Å²) in [5, 5.41) is 0. The minimum Gasteiger partial charge on any atom is -0.0941 e. The molecule has 0 amide bonds. The van der Waals surface area contributed by atoms with Crippen molar-refractivity contribution < 1.29 is 6.77 Å². The summed E-state index contributed by atoms with van der Waals surface area (Å²) in [7, 11) is 6.94. The van der Waals surface area contributed by atoms with Crippen LogP contribution in [0.15, 0.2) is 59.8 Å². The highest BCUT2D eigenvalue weighted by molar-refractivity contribution is 8.19. The molecule has 0 bridgehead atoms. The van der Waals surface area contributed by atoms with E-state index in [2.05, 4.69) is 86.7 Å². The van der Waals surface area contributed by atoms with E-state index >= 15 is 0 Å². The molecule has 2 aliphatic rings. The van der Waals surface area contributed by atoms with Gasteiger partial charge in [0.1, 0.15) is 22.8 Å². The molecule has 0 aromatic rings. The zero-order valence-corrected chi connectivity index (χ0v) is 17.4. The molecule has 22 heavy (non-hydrogen) atoms. The fourth-order valence-electron chi connectivity index (χ4n) is 1.94. The Balaban J connectivity index is 2.24. The smallest absolute Gasteiger partial charge is 0.0941 e. The second-order valence-electron chi connectivity index (χ2n) is 4.16. The van der Waals surface area contributed by atoms with Crippen LogP contribution in [0, 0.1) is 0 Å². The van der Waals surface area contributed by atoms with E-state index in [4.69, 9.17) is 0 Å². The Morgan fingerprint density at radius 3 is 1.18 bits per heavy atom. The van der Waals surface area contributed by atoms with Crippen LogP contribution in [0.3, 0.4) is 0 Å². The summed E-state index contributed by atoms with van der Waals surface area (Å²) in [6, 6.07) is 0. The van der Waals surface area contributed by atoms with Crippen molar-refractivity contribution in [2.45, 2.75) is 0 Å². The van der Waals surface area contributed by atoms with Gasteiger partial charge in [-0.05, 0) is 35.5 Å². The zero-order chi connectivity index (χ0) is 15.9. The molecule has 0 fully saturated rings. The molecule has 0 unspecified atom stereocenters. The van der Waals surface area contributed by atoms with Gasteiger partial charge < -0.3 is 0 Å². The van der Waals surface area contributed by atoms with Gasteiger partial charge in [-0.3, -0.25) is 0 Å². The summed E-state index contributed by atoms with van der Waals surface area (Å²) < 4.78 is 4.21. The Morgan fingerprint density at radius 2 is 0.955 bits per heavy atom. The predicted octanol–water partition coefficient (Wildman–Crippen LogP) is 3.46. The van der Waals surface area contributed by atoms with E-state index in [0.717, 1.165) is 11.4 Å². The van der Waals surface area contributed by atoms with Crippen LogP contribution in [-0.2, 0) is 0 Å². The first-order chi connectivity index (χ1) is 10.7. The Morgan fingerprint density at radius 1 is 0.636 bits per heavy atom. The molecular weight excluding hydrogens is 381 g/mol. The number of hydrogen-bond acceptors (Lipinski definition) is 4. The highest BCUT2D eigenvalue weighted by Crippen LogP contribution is 2.21. The van der Waals surface area contributed by atoms with E-state index in [9.17, 15) is 0 Å². The van der Waals surface area contributed by atoms with Gasteiger partial charge in [-0.1, -0.05) is 6.77 Å². The molecule has 0 aliphatic heterocycles. The van der Waals surface area contributed by atoms with Gasteiger partial charge in [0.2, 0.25) is 30.2 Å². The molecule has 0 aromatic carbocycles. The largest absolute Gasteiger partial charge is 0.228 e. The second-order valence-corrected chi connectivity index (χ2v) is 8.27. The minimum atomic E-state index is 1.16. The zero-order valence-electron chi connectivity index (χ0n) is 12.1. The van der Waals surface area contributed by atoms with Crippen molar-refractivity contribution in [3.05, 3.63) is 59.8 Å². The fourth-order valence-corrected chi connectivity index (χ4v) is 5.63. The van der Waals surface area contributed by atoms with Gasteiger partial charge in [0, 0.05) is 36.8 Å². The van der Waals surface area contributed by atoms with Crippen molar-refractivity contribution in [1.82, 2.24) is 0 Å². The number of hydrogen-bond donors (Lipinski definition) is 0. The molecule has 0 aromatic heterocycles. The maximum absolute atomic E-state index is 3.47. The monoisotopic (exact) mass is 394 g/mol. The van der Waals surface area contributed by atoms with E-state index in [0.29, 0.717) is 0 Å². The summed E-state index contributed by atoms with van der Waals surface area (Å²) in [5.74, 6) is 0. The lowest BCUT2D eigenvalue weighted by Gasteiger charge is -2.07. The molecular formula is C14H14N2S4Si2+2. The maximum atomic E-state index is 3.47. The highest BCUT2D eigenvalue weighted by atomic mass is 32.4. The van der Waals surface area contributed by atoms with Crippen molar-refractivity contribution >= 4 is 76.9 Å². The third-order valence-electron chi connectivity index (χ3n) is 2.99. The van der Waals surface area contributed by atoms with Gasteiger partial charge in [-0.15, -0.1) is 0 Å². The van der Waals surface area contributed by atoms with Gasteiger partial charge >= 0.3 is 0 Å². The molecule has 2 rings (SSSR count). The van der Waals surface area contributed by atoms with Crippen molar-refractivity contribution in [3.8, 4) is 0 Å². The number of rotatable bonds is 4. The molecule has 2 aliphatic carbocycles. The van der Waals surface area contributed by atoms with Crippen LogP contribution in [0.25, 0.3) is 0 Å². The van der Waals surface area contributed by atoms with Crippen LogP contribution in [-0.4, -0.2) is 49.5 Å². The van der Waals surface area contributed by atoms with Crippen molar-refractivity contribution in [3.63, 3.8) is 0 Å². The first-order valence-electron chi connectivity index (χ1n) is 6.29. The molecule has 0 heterocycles. The van der Waals surface area contributed by atoms with Crippen LogP contribution in [0.5, 0.6) is 0 Å². The normalized spacial score (nSPS) is 16.7. The number of allylic oxidation sites excluding steroid dienone is 10. The lowest BCUT2D eigenvalue weighted by molar-refractivity contribution is -0.118. The van der Waals surface area contributed by atoms with E-state index in [1.807, 2.05) is 0 Å². The number of nitrogens with zero attached hydrogens (tertiary/aromatic N) is 2. The molecule has 0 spiro atoms.